The Morgan fingerprint density at radius 2 is 1.93 bits per heavy atom. The molecule has 4 aromatic rings. The van der Waals surface area contributed by atoms with Gasteiger partial charge in [-0.3, -0.25) is 10.4 Å². The Balaban J connectivity index is 1.74. The molecule has 0 radical (unpaired) electrons. The molecule has 0 unspecified atom stereocenters. The Morgan fingerprint density at radius 3 is 2.72 bits per heavy atom. The second kappa shape index (κ2) is 7.40. The number of ether oxygens (including phenoxy) is 1. The van der Waals surface area contributed by atoms with E-state index in [-0.39, 0.29) is 22.4 Å². The van der Waals surface area contributed by atoms with Crippen molar-refractivity contribution >= 4 is 45.4 Å². The number of benzene rings is 2. The zero-order chi connectivity index (χ0) is 20.5. The number of hydrogen-bond donors (Lipinski definition) is 1. The molecule has 0 aliphatic carbocycles. The van der Waals surface area contributed by atoms with Gasteiger partial charge in [0.25, 0.3) is 16.7 Å². The van der Waals surface area contributed by atoms with Crippen LogP contribution >= 0.6 is 11.6 Å². The lowest BCUT2D eigenvalue weighted by Gasteiger charge is -2.10. The molecule has 146 valence electrons. The van der Waals surface area contributed by atoms with Crippen LogP contribution in [-0.2, 0) is 0 Å². The maximum atomic E-state index is 12.8. The van der Waals surface area contributed by atoms with Gasteiger partial charge in [0.15, 0.2) is 0 Å². The third kappa shape index (κ3) is 3.34. The van der Waals surface area contributed by atoms with Crippen LogP contribution in [0.1, 0.15) is 11.4 Å². The summed E-state index contributed by atoms with van der Waals surface area (Å²) < 4.78 is 6.52. The van der Waals surface area contributed by atoms with Gasteiger partial charge >= 0.3 is 5.69 Å². The molecule has 0 bridgehead atoms. The predicted octanol–water partition coefficient (Wildman–Crippen LogP) is 3.07. The number of hydrazone groups is 1. The van der Waals surface area contributed by atoms with Crippen molar-refractivity contribution in [1.29, 1.82) is 0 Å². The maximum absolute atomic E-state index is 12.8. The number of hydrogen-bond acceptors (Lipinski definition) is 6. The van der Waals surface area contributed by atoms with Gasteiger partial charge in [-0.05, 0) is 30.3 Å². The minimum atomic E-state index is 0.120. The highest BCUT2D eigenvalue weighted by molar-refractivity contribution is 6.31. The molecule has 0 atom stereocenters. The van der Waals surface area contributed by atoms with E-state index in [2.05, 4.69) is 15.5 Å². The number of methoxy groups -OCH3 is 1. The zero-order valence-corrected chi connectivity index (χ0v) is 16.3. The fraction of sp³-hybridized carbons (Fsp3) is 0.100. The fourth-order valence-electron chi connectivity index (χ4n) is 3.05. The van der Waals surface area contributed by atoms with E-state index < -0.39 is 0 Å². The van der Waals surface area contributed by atoms with Crippen molar-refractivity contribution in [3.63, 3.8) is 0 Å². The summed E-state index contributed by atoms with van der Waals surface area (Å²) in [6.45, 7) is 1.57. The molecule has 0 amide bonds. The van der Waals surface area contributed by atoms with Crippen LogP contribution in [0.5, 0.6) is 5.75 Å². The van der Waals surface area contributed by atoms with E-state index in [0.29, 0.717) is 31.4 Å². The molecule has 0 saturated carbocycles. The third-order valence-electron chi connectivity index (χ3n) is 4.59. The second-order valence-electron chi connectivity index (χ2n) is 6.30. The monoisotopic (exact) mass is 409 g/mol. The van der Waals surface area contributed by atoms with E-state index in [4.69, 9.17) is 16.3 Å². The molecule has 1 N–H and O–H groups in total. The molecule has 2 aromatic carbocycles. The average Bonchev–Trinajstić information content (AvgIpc) is 2.74. The first-order chi connectivity index (χ1) is 14.0. The van der Waals surface area contributed by atoms with E-state index in [1.165, 1.54) is 19.4 Å². The number of rotatable bonds is 4. The topological polar surface area (TPSA) is 100 Å². The minimum Gasteiger partial charge on any atom is -0.618 e. The van der Waals surface area contributed by atoms with Gasteiger partial charge in [-0.25, -0.2) is 0 Å². The van der Waals surface area contributed by atoms with Gasteiger partial charge in [0, 0.05) is 29.6 Å². The predicted molar refractivity (Wildman–Crippen MR) is 111 cm³/mol. The Hall–Kier alpha value is -3.65. The quantitative estimate of drug-likeness (QED) is 0.241. The summed E-state index contributed by atoms with van der Waals surface area (Å²) in [5.74, 6) is 0.480. The third-order valence-corrected chi connectivity index (χ3v) is 4.83. The van der Waals surface area contributed by atoms with Crippen LogP contribution in [0.15, 0.2) is 53.8 Å². The standard InChI is InChI=1S/C20H16ClN5O3/c1-12-20(26(28)19-10-14(29-2)4-6-18(19)25(12)27)11-23-24-16-7-8-22-17-9-13(21)3-5-15(16)17/h3-11H,1-2H3,(H,22,24)/b23-11+. The van der Waals surface area contributed by atoms with Gasteiger partial charge in [-0.1, -0.05) is 11.6 Å². The van der Waals surface area contributed by atoms with Crippen molar-refractivity contribution < 1.29 is 14.2 Å². The Morgan fingerprint density at radius 1 is 1.10 bits per heavy atom. The molecule has 2 heterocycles. The van der Waals surface area contributed by atoms with Gasteiger partial charge in [0.2, 0.25) is 0 Å². The van der Waals surface area contributed by atoms with Gasteiger partial charge in [-0.2, -0.15) is 14.6 Å². The van der Waals surface area contributed by atoms with Crippen molar-refractivity contribution in [2.24, 2.45) is 5.10 Å². The Kier molecular flexibility index (Phi) is 4.77. The molecule has 0 aliphatic heterocycles. The van der Waals surface area contributed by atoms with Gasteiger partial charge in [-0.15, -0.1) is 0 Å². The summed E-state index contributed by atoms with van der Waals surface area (Å²) in [6.07, 6.45) is 2.95. The lowest BCUT2D eigenvalue weighted by Crippen LogP contribution is -2.44. The summed E-state index contributed by atoms with van der Waals surface area (Å²) in [5, 5.41) is 31.0. The largest absolute Gasteiger partial charge is 0.618 e. The van der Waals surface area contributed by atoms with Crippen LogP contribution < -0.4 is 19.6 Å². The summed E-state index contributed by atoms with van der Waals surface area (Å²) in [5.41, 5.74) is 5.09. The molecule has 8 nitrogen and oxygen atoms in total. The highest BCUT2D eigenvalue weighted by Crippen LogP contribution is 2.24. The van der Waals surface area contributed by atoms with Crippen molar-refractivity contribution in [3.05, 3.63) is 75.5 Å². The van der Waals surface area contributed by atoms with E-state index in [0.717, 1.165) is 5.39 Å². The lowest BCUT2D eigenvalue weighted by molar-refractivity contribution is -0.634. The molecule has 0 spiro atoms. The second-order valence-corrected chi connectivity index (χ2v) is 6.74. The minimum absolute atomic E-state index is 0.120. The van der Waals surface area contributed by atoms with Crippen LogP contribution in [0.3, 0.4) is 0 Å². The molecule has 4 rings (SSSR count). The first-order valence-corrected chi connectivity index (χ1v) is 9.04. The summed E-state index contributed by atoms with van der Waals surface area (Å²) in [6, 6.07) is 11.8. The number of aromatic nitrogens is 3. The van der Waals surface area contributed by atoms with E-state index in [1.54, 1.807) is 43.5 Å². The smallest absolute Gasteiger partial charge is 0.305 e. The van der Waals surface area contributed by atoms with Gasteiger partial charge in [0.05, 0.1) is 24.4 Å². The lowest BCUT2D eigenvalue weighted by atomic mass is 10.2. The van der Waals surface area contributed by atoms with Crippen molar-refractivity contribution in [2.75, 3.05) is 12.5 Å². The van der Waals surface area contributed by atoms with Crippen LogP contribution in [0, 0.1) is 17.3 Å². The molecule has 0 saturated heterocycles. The van der Waals surface area contributed by atoms with Gasteiger partial charge < -0.3 is 15.2 Å². The fourth-order valence-corrected chi connectivity index (χ4v) is 3.22. The number of halogens is 1. The first kappa shape index (κ1) is 18.7. The molecule has 2 aromatic heterocycles. The number of nitrogens with zero attached hydrogens (tertiary/aromatic N) is 4. The number of pyridine rings is 1. The molecule has 9 heteroatoms. The van der Waals surface area contributed by atoms with E-state index in [9.17, 15) is 10.4 Å². The van der Waals surface area contributed by atoms with Crippen LogP contribution in [0.4, 0.5) is 5.69 Å². The summed E-state index contributed by atoms with van der Waals surface area (Å²) >= 11 is 6.01. The van der Waals surface area contributed by atoms with Crippen molar-refractivity contribution in [1.82, 2.24) is 4.98 Å². The van der Waals surface area contributed by atoms with Crippen LogP contribution in [-0.4, -0.2) is 18.3 Å². The Labute approximate surface area is 170 Å². The zero-order valence-electron chi connectivity index (χ0n) is 15.6. The number of fused-ring (bicyclic) bond motifs is 2. The molecule has 29 heavy (non-hydrogen) atoms. The molecular weight excluding hydrogens is 394 g/mol. The first-order valence-electron chi connectivity index (χ1n) is 8.66. The van der Waals surface area contributed by atoms with Crippen molar-refractivity contribution in [3.8, 4) is 5.75 Å². The van der Waals surface area contributed by atoms with Gasteiger partial charge in [0.1, 0.15) is 12.0 Å². The maximum Gasteiger partial charge on any atom is 0.305 e. The normalized spacial score (nSPS) is 11.4. The van der Waals surface area contributed by atoms with E-state index in [1.807, 2.05) is 6.07 Å². The average molecular weight is 410 g/mol. The number of anilines is 1. The summed E-state index contributed by atoms with van der Waals surface area (Å²) in [4.78, 5) is 4.27. The molecular formula is C20H16ClN5O3. The molecule has 0 fully saturated rings. The highest BCUT2D eigenvalue weighted by atomic mass is 35.5. The SMILES string of the molecule is COc1ccc2c(c1)[n+]([O-])c(/C=N/Nc1ccnc3cc(Cl)ccc13)c(C)[n+]2[O-]. The van der Waals surface area contributed by atoms with Crippen LogP contribution in [0.2, 0.25) is 5.02 Å². The molecule has 0 aliphatic rings. The van der Waals surface area contributed by atoms with Crippen molar-refractivity contribution in [2.45, 2.75) is 6.92 Å². The highest BCUT2D eigenvalue weighted by Gasteiger charge is 2.24. The number of nitrogens with one attached hydrogen (secondary N) is 1. The summed E-state index contributed by atoms with van der Waals surface area (Å²) in [7, 11) is 1.49. The van der Waals surface area contributed by atoms with E-state index >= 15 is 0 Å². The van der Waals surface area contributed by atoms with Crippen LogP contribution in [0.25, 0.3) is 21.9 Å². The Bertz CT molecular complexity index is 1280.